The van der Waals surface area contributed by atoms with E-state index in [4.69, 9.17) is 4.74 Å². The molecule has 1 N–H and O–H groups in total. The average molecular weight is 325 g/mol. The van der Waals surface area contributed by atoms with E-state index in [2.05, 4.69) is 15.9 Å². The highest BCUT2D eigenvalue weighted by Gasteiger charge is 2.05. The van der Waals surface area contributed by atoms with Crippen molar-refractivity contribution in [2.45, 2.75) is 19.6 Å². The molecule has 0 fully saturated rings. The number of aliphatic hydroxyl groups is 1. The van der Waals surface area contributed by atoms with Crippen molar-refractivity contribution in [2.75, 3.05) is 0 Å². The van der Waals surface area contributed by atoms with E-state index in [0.717, 1.165) is 5.56 Å². The molecule has 0 aromatic heterocycles. The Bertz CT molecular complexity index is 570. The lowest BCUT2D eigenvalue weighted by atomic mass is 10.1. The second-order valence-electron chi connectivity index (χ2n) is 4.27. The van der Waals surface area contributed by atoms with Gasteiger partial charge in [0.05, 0.1) is 6.10 Å². The fraction of sp³-hybridized carbons (Fsp3) is 0.200. The second-order valence-corrected chi connectivity index (χ2v) is 5.19. The molecule has 100 valence electrons. The minimum atomic E-state index is -0.548. The standard InChI is InChI=1S/C15H14BrFO2/c1-10(18)11-3-2-4-14(7-11)19-9-12-5-6-13(16)8-15(12)17/h2-8,10,18H,9H2,1H3. The van der Waals surface area contributed by atoms with Gasteiger partial charge in [-0.25, -0.2) is 4.39 Å². The molecule has 0 heterocycles. The summed E-state index contributed by atoms with van der Waals surface area (Å²) in [6.07, 6.45) is -0.548. The Hall–Kier alpha value is -1.39. The Balaban J connectivity index is 2.08. The monoisotopic (exact) mass is 324 g/mol. The van der Waals surface area contributed by atoms with Crippen molar-refractivity contribution < 1.29 is 14.2 Å². The lowest BCUT2D eigenvalue weighted by Crippen LogP contribution is -1.99. The predicted molar refractivity (Wildman–Crippen MR) is 75.5 cm³/mol. The molecule has 0 aliphatic heterocycles. The zero-order valence-corrected chi connectivity index (χ0v) is 12.0. The zero-order chi connectivity index (χ0) is 13.8. The molecule has 2 aromatic carbocycles. The van der Waals surface area contributed by atoms with Crippen LogP contribution in [0.4, 0.5) is 4.39 Å². The molecule has 0 saturated carbocycles. The molecule has 0 radical (unpaired) electrons. The van der Waals surface area contributed by atoms with Crippen molar-refractivity contribution >= 4 is 15.9 Å². The van der Waals surface area contributed by atoms with E-state index in [1.165, 1.54) is 6.07 Å². The van der Waals surface area contributed by atoms with Crippen molar-refractivity contribution in [1.82, 2.24) is 0 Å². The summed E-state index contributed by atoms with van der Waals surface area (Å²) in [7, 11) is 0. The zero-order valence-electron chi connectivity index (χ0n) is 10.4. The van der Waals surface area contributed by atoms with E-state index >= 15 is 0 Å². The van der Waals surface area contributed by atoms with Crippen LogP contribution in [-0.2, 0) is 6.61 Å². The molecule has 0 aliphatic rings. The van der Waals surface area contributed by atoms with Crippen LogP contribution in [0.15, 0.2) is 46.9 Å². The first-order chi connectivity index (χ1) is 9.06. The smallest absolute Gasteiger partial charge is 0.130 e. The van der Waals surface area contributed by atoms with Gasteiger partial charge in [-0.3, -0.25) is 0 Å². The first kappa shape index (κ1) is 14.0. The summed E-state index contributed by atoms with van der Waals surface area (Å²) in [4.78, 5) is 0. The van der Waals surface area contributed by atoms with Gasteiger partial charge in [-0.15, -0.1) is 0 Å². The van der Waals surface area contributed by atoms with Crippen molar-refractivity contribution in [3.05, 3.63) is 63.9 Å². The van der Waals surface area contributed by atoms with Gasteiger partial charge in [0.15, 0.2) is 0 Å². The van der Waals surface area contributed by atoms with Gasteiger partial charge < -0.3 is 9.84 Å². The Kier molecular flexibility index (Phi) is 4.56. The van der Waals surface area contributed by atoms with Gasteiger partial charge >= 0.3 is 0 Å². The van der Waals surface area contributed by atoms with Gasteiger partial charge in [0.2, 0.25) is 0 Å². The number of hydrogen-bond donors (Lipinski definition) is 1. The lowest BCUT2D eigenvalue weighted by molar-refractivity contribution is 0.198. The molecule has 0 saturated heterocycles. The first-order valence-corrected chi connectivity index (χ1v) is 6.70. The molecule has 4 heteroatoms. The predicted octanol–water partition coefficient (Wildman–Crippen LogP) is 4.22. The molecule has 0 spiro atoms. The summed E-state index contributed by atoms with van der Waals surface area (Å²) in [5.74, 6) is 0.307. The Morgan fingerprint density at radius 1 is 1.26 bits per heavy atom. The summed E-state index contributed by atoms with van der Waals surface area (Å²) in [5, 5.41) is 9.49. The van der Waals surface area contributed by atoms with E-state index in [1.807, 2.05) is 6.07 Å². The van der Waals surface area contributed by atoms with Gasteiger partial charge in [-0.2, -0.15) is 0 Å². The summed E-state index contributed by atoms with van der Waals surface area (Å²) >= 11 is 3.21. The Morgan fingerprint density at radius 2 is 2.05 bits per heavy atom. The van der Waals surface area contributed by atoms with Crippen LogP contribution >= 0.6 is 15.9 Å². The highest BCUT2D eigenvalue weighted by atomic mass is 79.9. The fourth-order valence-corrected chi connectivity index (χ4v) is 2.00. The number of ether oxygens (including phenoxy) is 1. The van der Waals surface area contributed by atoms with Gasteiger partial charge in [-0.05, 0) is 36.8 Å². The highest BCUT2D eigenvalue weighted by molar-refractivity contribution is 9.10. The summed E-state index contributed by atoms with van der Waals surface area (Å²) in [6.45, 7) is 1.84. The molecule has 2 nitrogen and oxygen atoms in total. The molecule has 0 bridgehead atoms. The van der Waals surface area contributed by atoms with Gasteiger partial charge in [0, 0.05) is 10.0 Å². The van der Waals surface area contributed by atoms with Crippen molar-refractivity contribution in [3.8, 4) is 5.75 Å². The molecular formula is C15H14BrFO2. The van der Waals surface area contributed by atoms with E-state index in [0.29, 0.717) is 15.8 Å². The van der Waals surface area contributed by atoms with Crippen molar-refractivity contribution in [3.63, 3.8) is 0 Å². The third-order valence-corrected chi connectivity index (χ3v) is 3.24. The SMILES string of the molecule is CC(O)c1cccc(OCc2ccc(Br)cc2F)c1. The van der Waals surface area contributed by atoms with Crippen LogP contribution < -0.4 is 4.74 Å². The molecule has 1 unspecified atom stereocenters. The molecular weight excluding hydrogens is 311 g/mol. The van der Waals surface area contributed by atoms with Crippen LogP contribution in [0.5, 0.6) is 5.75 Å². The molecule has 1 atom stereocenters. The fourth-order valence-electron chi connectivity index (χ4n) is 1.66. The second kappa shape index (κ2) is 6.17. The van der Waals surface area contributed by atoms with Gasteiger partial charge in [0.1, 0.15) is 18.2 Å². The molecule has 0 amide bonds. The topological polar surface area (TPSA) is 29.5 Å². The number of benzene rings is 2. The third kappa shape index (κ3) is 3.78. The van der Waals surface area contributed by atoms with Gasteiger partial charge in [-0.1, -0.05) is 34.1 Å². The van der Waals surface area contributed by atoms with Crippen molar-refractivity contribution in [2.24, 2.45) is 0 Å². The summed E-state index contributed by atoms with van der Waals surface area (Å²) in [6, 6.07) is 12.0. The van der Waals surface area contributed by atoms with Crippen LogP contribution in [0.2, 0.25) is 0 Å². The van der Waals surface area contributed by atoms with Gasteiger partial charge in [0.25, 0.3) is 0 Å². The molecule has 0 aliphatic carbocycles. The van der Waals surface area contributed by atoms with Crippen LogP contribution in [0.25, 0.3) is 0 Å². The first-order valence-electron chi connectivity index (χ1n) is 5.91. The quantitative estimate of drug-likeness (QED) is 0.912. The Morgan fingerprint density at radius 3 is 2.74 bits per heavy atom. The largest absolute Gasteiger partial charge is 0.489 e. The molecule has 19 heavy (non-hydrogen) atoms. The number of hydrogen-bond acceptors (Lipinski definition) is 2. The number of halogens is 2. The maximum Gasteiger partial charge on any atom is 0.130 e. The van der Waals surface area contributed by atoms with Crippen LogP contribution in [0, 0.1) is 5.82 Å². The third-order valence-electron chi connectivity index (χ3n) is 2.75. The maximum atomic E-state index is 13.6. The minimum absolute atomic E-state index is 0.155. The van der Waals surface area contributed by atoms with E-state index in [1.54, 1.807) is 37.3 Å². The van der Waals surface area contributed by atoms with Crippen molar-refractivity contribution in [1.29, 1.82) is 0 Å². The van der Waals surface area contributed by atoms with E-state index in [9.17, 15) is 9.50 Å². The average Bonchev–Trinajstić information content (AvgIpc) is 2.38. The van der Waals surface area contributed by atoms with E-state index < -0.39 is 6.10 Å². The lowest BCUT2D eigenvalue weighted by Gasteiger charge is -2.10. The van der Waals surface area contributed by atoms with Crippen LogP contribution in [-0.4, -0.2) is 5.11 Å². The van der Waals surface area contributed by atoms with E-state index in [-0.39, 0.29) is 12.4 Å². The number of aliphatic hydroxyl groups excluding tert-OH is 1. The molecule has 2 aromatic rings. The number of rotatable bonds is 4. The van der Waals surface area contributed by atoms with Crippen LogP contribution in [0.3, 0.4) is 0 Å². The minimum Gasteiger partial charge on any atom is -0.489 e. The maximum absolute atomic E-state index is 13.6. The summed E-state index contributed by atoms with van der Waals surface area (Å²) < 4.78 is 19.8. The Labute approximate surface area is 120 Å². The molecule has 2 rings (SSSR count). The van der Waals surface area contributed by atoms with Crippen LogP contribution in [0.1, 0.15) is 24.2 Å². The summed E-state index contributed by atoms with van der Waals surface area (Å²) in [5.41, 5.74) is 1.26. The normalized spacial score (nSPS) is 12.2. The highest BCUT2D eigenvalue weighted by Crippen LogP contribution is 2.21.